The molecule has 0 aliphatic heterocycles. The molecule has 2 aromatic rings. The van der Waals surface area contributed by atoms with E-state index in [1.54, 1.807) is 31.2 Å². The summed E-state index contributed by atoms with van der Waals surface area (Å²) < 4.78 is 34.8. The number of esters is 1. The van der Waals surface area contributed by atoms with Gasteiger partial charge in [-0.2, -0.15) is 0 Å². The Morgan fingerprint density at radius 3 is 2.30 bits per heavy atom. The molecule has 7 heteroatoms. The van der Waals surface area contributed by atoms with E-state index in [1.807, 2.05) is 36.4 Å². The van der Waals surface area contributed by atoms with Gasteiger partial charge >= 0.3 is 13.6 Å². The van der Waals surface area contributed by atoms with E-state index in [0.29, 0.717) is 12.4 Å². The van der Waals surface area contributed by atoms with Crippen LogP contribution in [0.5, 0.6) is 5.75 Å². The first kappa shape index (κ1) is 21.2. The smallest absolute Gasteiger partial charge is 0.382 e. The third-order valence-electron chi connectivity index (χ3n) is 3.55. The molecule has 0 radical (unpaired) electrons. The van der Waals surface area contributed by atoms with Gasteiger partial charge in [0.25, 0.3) is 0 Å². The molecule has 0 N–H and O–H groups in total. The molecule has 0 fully saturated rings. The summed E-state index contributed by atoms with van der Waals surface area (Å²) in [7, 11) is -3.62. The summed E-state index contributed by atoms with van der Waals surface area (Å²) in [6.07, 6.45) is -0.994. The fraction of sp³-hybridized carbons (Fsp3) is 0.350. The normalized spacial score (nSPS) is 14.1. The SMILES string of the molecule is CCOC(=O)[C@@H](C)OP(=O)(CCOCc1ccccc1)Oc1ccccc1. The molecule has 2 atom stereocenters. The molecule has 0 saturated carbocycles. The third-order valence-corrected chi connectivity index (χ3v) is 5.40. The topological polar surface area (TPSA) is 71.1 Å². The van der Waals surface area contributed by atoms with Crippen LogP contribution in [0.3, 0.4) is 0 Å². The predicted octanol–water partition coefficient (Wildman–Crippen LogP) is 4.44. The van der Waals surface area contributed by atoms with E-state index in [9.17, 15) is 9.36 Å². The monoisotopic (exact) mass is 392 g/mol. The van der Waals surface area contributed by atoms with Crippen molar-refractivity contribution in [2.24, 2.45) is 0 Å². The Morgan fingerprint density at radius 2 is 1.67 bits per heavy atom. The lowest BCUT2D eigenvalue weighted by molar-refractivity contribution is -0.150. The zero-order chi connectivity index (χ0) is 19.5. The van der Waals surface area contributed by atoms with Crippen LogP contribution in [-0.2, 0) is 30.0 Å². The number of carbonyl (C=O) groups is 1. The van der Waals surface area contributed by atoms with Crippen LogP contribution >= 0.6 is 7.60 Å². The first-order valence-electron chi connectivity index (χ1n) is 8.83. The third kappa shape index (κ3) is 7.55. The minimum absolute atomic E-state index is 0.0124. The number of ether oxygens (including phenoxy) is 2. The maximum atomic E-state index is 13.2. The summed E-state index contributed by atoms with van der Waals surface area (Å²) in [6.45, 7) is 3.96. The molecular formula is C20H25O6P. The van der Waals surface area contributed by atoms with Gasteiger partial charge in [0.15, 0.2) is 6.10 Å². The summed E-state index contributed by atoms with van der Waals surface area (Å²) in [6, 6.07) is 18.4. The van der Waals surface area contributed by atoms with Gasteiger partial charge in [-0.15, -0.1) is 0 Å². The maximum Gasteiger partial charge on any atom is 0.382 e. The lowest BCUT2D eigenvalue weighted by Gasteiger charge is -2.22. The number of hydrogen-bond donors (Lipinski definition) is 0. The van der Waals surface area contributed by atoms with Crippen LogP contribution in [0.4, 0.5) is 0 Å². The second-order valence-corrected chi connectivity index (χ2v) is 7.84. The van der Waals surface area contributed by atoms with Gasteiger partial charge in [0.05, 0.1) is 26.0 Å². The Balaban J connectivity index is 1.97. The van der Waals surface area contributed by atoms with Crippen molar-refractivity contribution in [1.29, 1.82) is 0 Å². The van der Waals surface area contributed by atoms with Gasteiger partial charge in [-0.05, 0) is 31.5 Å². The summed E-state index contributed by atoms with van der Waals surface area (Å²) in [5.41, 5.74) is 1.01. The summed E-state index contributed by atoms with van der Waals surface area (Å²) in [5.74, 6) is -0.181. The van der Waals surface area contributed by atoms with Crippen LogP contribution in [-0.4, -0.2) is 31.4 Å². The average molecular weight is 392 g/mol. The van der Waals surface area contributed by atoms with E-state index in [2.05, 4.69) is 0 Å². The number of carbonyl (C=O) groups excluding carboxylic acids is 1. The lowest BCUT2D eigenvalue weighted by atomic mass is 10.2. The van der Waals surface area contributed by atoms with E-state index in [1.165, 1.54) is 6.92 Å². The fourth-order valence-electron chi connectivity index (χ4n) is 2.25. The number of hydrogen-bond acceptors (Lipinski definition) is 6. The minimum Gasteiger partial charge on any atom is -0.464 e. The minimum atomic E-state index is -3.62. The Bertz CT molecular complexity index is 735. The van der Waals surface area contributed by atoms with E-state index >= 15 is 0 Å². The molecule has 0 amide bonds. The van der Waals surface area contributed by atoms with Gasteiger partial charge in [0, 0.05) is 0 Å². The van der Waals surface area contributed by atoms with Crippen molar-refractivity contribution in [3.8, 4) is 5.75 Å². The van der Waals surface area contributed by atoms with Crippen molar-refractivity contribution >= 4 is 13.6 Å². The van der Waals surface area contributed by atoms with Gasteiger partial charge in [0.2, 0.25) is 0 Å². The first-order chi connectivity index (χ1) is 13.0. The zero-order valence-electron chi connectivity index (χ0n) is 15.6. The predicted molar refractivity (Wildman–Crippen MR) is 103 cm³/mol. The van der Waals surface area contributed by atoms with E-state index in [0.717, 1.165) is 5.56 Å². The van der Waals surface area contributed by atoms with Gasteiger partial charge in [-0.25, -0.2) is 9.36 Å². The first-order valence-corrected chi connectivity index (χ1v) is 10.6. The maximum absolute atomic E-state index is 13.2. The van der Waals surface area contributed by atoms with Crippen molar-refractivity contribution in [3.63, 3.8) is 0 Å². The highest BCUT2D eigenvalue weighted by Crippen LogP contribution is 2.49. The average Bonchev–Trinajstić information content (AvgIpc) is 2.67. The van der Waals surface area contributed by atoms with Gasteiger partial charge in [0.1, 0.15) is 5.75 Å². The van der Waals surface area contributed by atoms with Gasteiger partial charge in [-0.3, -0.25) is 4.52 Å². The Labute approximate surface area is 159 Å². The molecule has 27 heavy (non-hydrogen) atoms. The van der Waals surface area contributed by atoms with Crippen LogP contribution in [0, 0.1) is 0 Å². The highest BCUT2D eigenvalue weighted by atomic mass is 31.2. The fourth-order valence-corrected chi connectivity index (χ4v) is 3.85. The molecule has 146 valence electrons. The molecule has 0 aromatic heterocycles. The number of rotatable bonds is 11. The summed E-state index contributed by atoms with van der Waals surface area (Å²) >= 11 is 0. The Kier molecular flexibility index (Phi) is 8.52. The van der Waals surface area contributed by atoms with Crippen LogP contribution in [0.25, 0.3) is 0 Å². The zero-order valence-corrected chi connectivity index (χ0v) is 16.5. The van der Waals surface area contributed by atoms with Gasteiger partial charge in [-0.1, -0.05) is 48.5 Å². The van der Waals surface area contributed by atoms with Crippen LogP contribution in [0.2, 0.25) is 0 Å². The molecule has 2 rings (SSSR count). The summed E-state index contributed by atoms with van der Waals surface area (Å²) in [4.78, 5) is 11.8. The molecular weight excluding hydrogens is 367 g/mol. The standard InChI is InChI=1S/C20H25O6P/c1-3-24-20(21)17(2)25-27(22,26-19-12-8-5-9-13-19)15-14-23-16-18-10-6-4-7-11-18/h4-13,17H,3,14-16H2,1-2H3/t17-,27?/m1/s1. The lowest BCUT2D eigenvalue weighted by Crippen LogP contribution is -2.24. The van der Waals surface area contributed by atoms with Gasteiger partial charge < -0.3 is 14.0 Å². The number of benzene rings is 2. The van der Waals surface area contributed by atoms with Crippen molar-refractivity contribution < 1.29 is 27.9 Å². The largest absolute Gasteiger partial charge is 0.464 e. The quantitative estimate of drug-likeness (QED) is 0.320. The second kappa shape index (κ2) is 10.9. The molecule has 1 unspecified atom stereocenters. The Morgan fingerprint density at radius 1 is 1.04 bits per heavy atom. The highest BCUT2D eigenvalue weighted by molar-refractivity contribution is 7.54. The molecule has 0 bridgehead atoms. The molecule has 0 aliphatic carbocycles. The second-order valence-electron chi connectivity index (χ2n) is 5.78. The summed E-state index contributed by atoms with van der Waals surface area (Å²) in [5, 5.41) is 0. The van der Waals surface area contributed by atoms with E-state index in [-0.39, 0.29) is 19.4 Å². The van der Waals surface area contributed by atoms with Crippen LogP contribution in [0.15, 0.2) is 60.7 Å². The molecule has 6 nitrogen and oxygen atoms in total. The molecule has 0 aliphatic rings. The van der Waals surface area contributed by atoms with Crippen molar-refractivity contribution in [3.05, 3.63) is 66.2 Å². The highest BCUT2D eigenvalue weighted by Gasteiger charge is 2.32. The molecule has 0 heterocycles. The molecule has 0 spiro atoms. The van der Waals surface area contributed by atoms with E-state index in [4.69, 9.17) is 18.5 Å². The Hall–Kier alpha value is -2.14. The number of para-hydroxylation sites is 1. The van der Waals surface area contributed by atoms with Crippen LogP contribution in [0.1, 0.15) is 19.4 Å². The van der Waals surface area contributed by atoms with Crippen molar-refractivity contribution in [1.82, 2.24) is 0 Å². The van der Waals surface area contributed by atoms with E-state index < -0.39 is 19.7 Å². The van der Waals surface area contributed by atoms with Crippen LogP contribution < -0.4 is 4.52 Å². The van der Waals surface area contributed by atoms with Crippen molar-refractivity contribution in [2.75, 3.05) is 19.4 Å². The molecule has 2 aromatic carbocycles. The van der Waals surface area contributed by atoms with Crippen molar-refractivity contribution in [2.45, 2.75) is 26.6 Å². The molecule has 0 saturated heterocycles.